The summed E-state index contributed by atoms with van der Waals surface area (Å²) in [7, 11) is 1.67. The van der Waals surface area contributed by atoms with Crippen molar-refractivity contribution < 1.29 is 17.9 Å². The Morgan fingerprint density at radius 2 is 0.683 bits per heavy atom. The van der Waals surface area contributed by atoms with E-state index in [4.69, 9.17) is 16.3 Å². The molecule has 0 fully saturated rings. The van der Waals surface area contributed by atoms with E-state index in [1.165, 1.54) is 59.4 Å². The molecule has 5 atom stereocenters. The van der Waals surface area contributed by atoms with Crippen LogP contribution in [0.2, 0.25) is 5.02 Å². The third-order valence-corrected chi connectivity index (χ3v) is 12.3. The van der Waals surface area contributed by atoms with Crippen LogP contribution in [0.25, 0.3) is 0 Å². The average Bonchev–Trinajstić information content (AvgIpc) is 3.25. The molecule has 5 aromatic carbocycles. The lowest BCUT2D eigenvalue weighted by atomic mass is 9.86. The molecule has 0 heterocycles. The summed E-state index contributed by atoms with van der Waals surface area (Å²) >= 11 is 5.84. The zero-order valence-electron chi connectivity index (χ0n) is 41.4. The van der Waals surface area contributed by atoms with Crippen molar-refractivity contribution >= 4 is 11.6 Å². The van der Waals surface area contributed by atoms with Gasteiger partial charge in [0.25, 0.3) is 0 Å². The second kappa shape index (κ2) is 31.1. The first-order valence-electron chi connectivity index (χ1n) is 23.4. The van der Waals surface area contributed by atoms with E-state index in [1.54, 1.807) is 31.4 Å². The molecule has 0 aliphatic heterocycles. The highest BCUT2D eigenvalue weighted by Gasteiger charge is 2.16. The van der Waals surface area contributed by atoms with Gasteiger partial charge in [0.2, 0.25) is 0 Å². The van der Waals surface area contributed by atoms with Gasteiger partial charge in [0, 0.05) is 12.1 Å². The molecule has 5 heteroatoms. The summed E-state index contributed by atoms with van der Waals surface area (Å²) in [5.74, 6) is 5.01. The summed E-state index contributed by atoms with van der Waals surface area (Å²) in [5, 5.41) is 0.822. The Kier molecular flexibility index (Phi) is 28.2. The van der Waals surface area contributed by atoms with Gasteiger partial charge in [-0.15, -0.1) is 0 Å². The Hall–Kier alpha value is -3.86. The van der Waals surface area contributed by atoms with Crippen LogP contribution in [0.4, 0.5) is 13.2 Å². The molecule has 63 heavy (non-hydrogen) atoms. The predicted octanol–water partition coefficient (Wildman–Crippen LogP) is 19.1. The summed E-state index contributed by atoms with van der Waals surface area (Å²) in [6.07, 6.45) is 3.60. The lowest BCUT2D eigenvalue weighted by Gasteiger charge is -2.19. The Balaban J connectivity index is 0.000000394. The van der Waals surface area contributed by atoms with E-state index in [0.717, 1.165) is 28.8 Å². The number of halogens is 4. The van der Waals surface area contributed by atoms with Crippen LogP contribution in [-0.2, 0) is 4.74 Å². The molecule has 0 radical (unpaired) electrons. The van der Waals surface area contributed by atoms with Gasteiger partial charge in [-0.05, 0) is 149 Å². The van der Waals surface area contributed by atoms with Crippen LogP contribution in [0.1, 0.15) is 174 Å². The van der Waals surface area contributed by atoms with E-state index >= 15 is 0 Å². The van der Waals surface area contributed by atoms with E-state index in [0.29, 0.717) is 41.4 Å². The van der Waals surface area contributed by atoms with Crippen molar-refractivity contribution in [2.24, 2.45) is 29.6 Å². The standard InChI is InChI=1S/C12H17Cl.C12H17F.C12H18.C11H15FO.C11H15F/c2*1-4-12(9(2)3)10-5-7-11(13)8-6-10;1-4-12(10(2)3)11-8-6-5-7-9-11;1-8(2)11(13-3)9-4-6-10(12)7-5-9;1-8(2)9(3)10-4-6-11(12)7-5-10/h2*5-9,12H,4H2,1-3H3;5-10,12H,4H2,1-3H3;4-8,11H,1-3H3;4-9H,1-3H3. The summed E-state index contributed by atoms with van der Waals surface area (Å²) in [6.45, 7) is 30.9. The Labute approximate surface area is 388 Å². The minimum absolute atomic E-state index is 0.0561. The third kappa shape index (κ3) is 21.6. The van der Waals surface area contributed by atoms with Gasteiger partial charge >= 0.3 is 0 Å². The molecular formula is C58H82ClF3O. The lowest BCUT2D eigenvalue weighted by Crippen LogP contribution is -2.08. The van der Waals surface area contributed by atoms with Crippen LogP contribution in [0.15, 0.2) is 127 Å². The Bertz CT molecular complexity index is 1720. The number of hydrogen-bond acceptors (Lipinski definition) is 1. The number of methoxy groups -OCH3 is 1. The minimum atomic E-state index is -0.206. The highest BCUT2D eigenvalue weighted by Crippen LogP contribution is 2.30. The Morgan fingerprint density at radius 1 is 0.381 bits per heavy atom. The normalized spacial score (nSPS) is 13.3. The zero-order chi connectivity index (χ0) is 47.6. The number of rotatable bonds is 14. The van der Waals surface area contributed by atoms with Crippen LogP contribution < -0.4 is 0 Å². The Morgan fingerprint density at radius 3 is 0.968 bits per heavy atom. The summed E-state index contributed by atoms with van der Waals surface area (Å²) in [4.78, 5) is 0. The molecule has 0 spiro atoms. The first-order valence-corrected chi connectivity index (χ1v) is 23.8. The van der Waals surface area contributed by atoms with Gasteiger partial charge in [-0.2, -0.15) is 0 Å². The highest BCUT2D eigenvalue weighted by atomic mass is 35.5. The van der Waals surface area contributed by atoms with Crippen LogP contribution in [0, 0.1) is 47.0 Å². The molecule has 1 nitrogen and oxygen atoms in total. The van der Waals surface area contributed by atoms with E-state index < -0.39 is 0 Å². The van der Waals surface area contributed by atoms with E-state index in [9.17, 15) is 13.2 Å². The molecule has 0 saturated carbocycles. The largest absolute Gasteiger partial charge is 0.376 e. The molecule has 5 aromatic rings. The van der Waals surface area contributed by atoms with Gasteiger partial charge in [-0.1, -0.05) is 187 Å². The summed E-state index contributed by atoms with van der Waals surface area (Å²) < 4.78 is 43.1. The monoisotopic (exact) mass is 887 g/mol. The topological polar surface area (TPSA) is 9.23 Å². The van der Waals surface area contributed by atoms with Gasteiger partial charge < -0.3 is 4.74 Å². The molecule has 5 unspecified atom stereocenters. The molecule has 0 aromatic heterocycles. The second-order valence-electron chi connectivity index (χ2n) is 18.3. The van der Waals surface area contributed by atoms with Gasteiger partial charge in [-0.3, -0.25) is 0 Å². The van der Waals surface area contributed by atoms with Crippen LogP contribution in [0.3, 0.4) is 0 Å². The van der Waals surface area contributed by atoms with Crippen molar-refractivity contribution in [2.45, 2.75) is 146 Å². The van der Waals surface area contributed by atoms with E-state index in [-0.39, 0.29) is 23.6 Å². The van der Waals surface area contributed by atoms with Gasteiger partial charge in [0.15, 0.2) is 0 Å². The van der Waals surface area contributed by atoms with Gasteiger partial charge in [0.1, 0.15) is 17.5 Å². The number of ether oxygens (including phenoxy) is 1. The van der Waals surface area contributed by atoms with Crippen LogP contribution in [-0.4, -0.2) is 7.11 Å². The number of benzene rings is 5. The maximum Gasteiger partial charge on any atom is 0.123 e. The average molecular weight is 888 g/mol. The van der Waals surface area contributed by atoms with Crippen molar-refractivity contribution in [1.29, 1.82) is 0 Å². The van der Waals surface area contributed by atoms with Crippen LogP contribution in [0.5, 0.6) is 0 Å². The number of hydrogen-bond donors (Lipinski definition) is 0. The molecule has 0 N–H and O–H groups in total. The van der Waals surface area contributed by atoms with Gasteiger partial charge in [-0.25, -0.2) is 13.2 Å². The summed E-state index contributed by atoms with van der Waals surface area (Å²) in [5.41, 5.74) is 6.38. The molecule has 5 rings (SSSR count). The van der Waals surface area contributed by atoms with E-state index in [2.05, 4.69) is 139 Å². The maximum absolute atomic E-state index is 12.7. The smallest absolute Gasteiger partial charge is 0.123 e. The van der Waals surface area contributed by atoms with Crippen molar-refractivity contribution in [3.8, 4) is 0 Å². The molecule has 0 aliphatic rings. The molecule has 0 bridgehead atoms. The fourth-order valence-corrected chi connectivity index (χ4v) is 8.12. The van der Waals surface area contributed by atoms with E-state index in [1.807, 2.05) is 36.4 Å². The summed E-state index contributed by atoms with van der Waals surface area (Å²) in [6, 6.07) is 39.1. The van der Waals surface area contributed by atoms with Crippen molar-refractivity contribution in [2.75, 3.05) is 7.11 Å². The van der Waals surface area contributed by atoms with Crippen molar-refractivity contribution in [3.63, 3.8) is 0 Å². The highest BCUT2D eigenvalue weighted by molar-refractivity contribution is 6.30. The molecule has 0 amide bonds. The SMILES string of the molecule is CC(C)C(C)c1ccc(F)cc1.CCC(c1ccc(Cl)cc1)C(C)C.CCC(c1ccc(F)cc1)C(C)C.CCC(c1ccccc1)C(C)C.COC(c1ccc(F)cc1)C(C)C. The first-order chi connectivity index (χ1) is 29.8. The first kappa shape index (κ1) is 57.2. The van der Waals surface area contributed by atoms with Crippen molar-refractivity contribution in [1.82, 2.24) is 0 Å². The maximum atomic E-state index is 12.7. The fraction of sp³-hybridized carbons (Fsp3) is 0.483. The third-order valence-electron chi connectivity index (χ3n) is 12.0. The van der Waals surface area contributed by atoms with Gasteiger partial charge in [0.05, 0.1) is 6.10 Å². The molecule has 348 valence electrons. The molecular weight excluding hydrogens is 805 g/mol. The zero-order valence-corrected chi connectivity index (χ0v) is 42.2. The minimum Gasteiger partial charge on any atom is -0.376 e. The van der Waals surface area contributed by atoms with Crippen LogP contribution >= 0.6 is 11.6 Å². The van der Waals surface area contributed by atoms with Crippen molar-refractivity contribution in [3.05, 3.63) is 178 Å². The quantitative estimate of drug-likeness (QED) is 0.108. The lowest BCUT2D eigenvalue weighted by molar-refractivity contribution is 0.0646. The molecule has 0 aliphatic carbocycles. The predicted molar refractivity (Wildman–Crippen MR) is 269 cm³/mol. The molecule has 0 saturated heterocycles. The fourth-order valence-electron chi connectivity index (χ4n) is 7.99. The second-order valence-corrected chi connectivity index (χ2v) is 18.8.